The first kappa shape index (κ1) is 30.7. The van der Waals surface area contributed by atoms with Crippen LogP contribution in [0.15, 0.2) is 34.9 Å². The maximum absolute atomic E-state index is 14.1. The van der Waals surface area contributed by atoms with Gasteiger partial charge in [-0.25, -0.2) is 14.2 Å². The quantitative estimate of drug-likeness (QED) is 0.472. The van der Waals surface area contributed by atoms with Gasteiger partial charge in [-0.1, -0.05) is 12.1 Å². The van der Waals surface area contributed by atoms with Crippen molar-refractivity contribution in [1.82, 2.24) is 19.7 Å². The summed E-state index contributed by atoms with van der Waals surface area (Å²) in [5.74, 6) is -0.0220. The molecule has 10 nitrogen and oxygen atoms in total. The van der Waals surface area contributed by atoms with E-state index in [9.17, 15) is 19.1 Å². The Hall–Kier alpha value is -2.80. The van der Waals surface area contributed by atoms with Crippen LogP contribution in [0.5, 0.6) is 5.88 Å². The second kappa shape index (κ2) is 12.4. The molecule has 0 spiro atoms. The SMILES string of the molecule is C[C@@H]1COCCN1C[C@H]1CN(C(=O)O)[C@H](C)CN1CC(=O)N1CC(C)(C)Oc2nc(Br)c(Cc3ccc(F)cc3)cc21. The molecule has 0 bridgehead atoms. The third kappa shape index (κ3) is 6.88. The molecule has 3 aliphatic heterocycles. The van der Waals surface area contributed by atoms with Crippen LogP contribution in [0.4, 0.5) is 14.9 Å². The fraction of sp³-hybridized carbons (Fsp3) is 0.567. The second-order valence-electron chi connectivity index (χ2n) is 12.2. The smallest absolute Gasteiger partial charge is 0.407 e. The first-order chi connectivity index (χ1) is 19.9. The highest BCUT2D eigenvalue weighted by molar-refractivity contribution is 9.10. The highest BCUT2D eigenvalue weighted by atomic mass is 79.9. The Kier molecular flexibility index (Phi) is 9.08. The number of anilines is 1. The van der Waals surface area contributed by atoms with Crippen molar-refractivity contribution in [1.29, 1.82) is 0 Å². The number of ether oxygens (including phenoxy) is 2. The van der Waals surface area contributed by atoms with E-state index in [2.05, 4.69) is 37.6 Å². The van der Waals surface area contributed by atoms with Crippen LogP contribution in [0.3, 0.4) is 0 Å². The molecule has 0 aliphatic carbocycles. The number of amides is 2. The van der Waals surface area contributed by atoms with Gasteiger partial charge in [0.15, 0.2) is 0 Å². The van der Waals surface area contributed by atoms with E-state index >= 15 is 0 Å². The van der Waals surface area contributed by atoms with E-state index < -0.39 is 11.7 Å². The number of morpholine rings is 1. The van der Waals surface area contributed by atoms with Crippen LogP contribution in [-0.2, 0) is 16.0 Å². The standard InChI is InChI=1S/C30H39BrFN5O5/c1-19-13-35(24(15-36(19)29(39)40)14-34-9-10-41-17-20(34)2)16-26(38)37-18-30(3,4)42-28-25(37)12-22(27(31)33-28)11-21-5-7-23(32)8-6-21/h5-8,12,19-20,24H,9-11,13-18H2,1-4H3,(H,39,40)/t19-,20-,24+/m1/s1. The number of nitrogens with zero attached hydrogens (tertiary/aromatic N) is 5. The number of piperazine rings is 1. The van der Waals surface area contributed by atoms with Crippen molar-refractivity contribution in [2.24, 2.45) is 0 Å². The lowest BCUT2D eigenvalue weighted by atomic mass is 10.0. The zero-order valence-electron chi connectivity index (χ0n) is 24.6. The van der Waals surface area contributed by atoms with Crippen molar-refractivity contribution in [3.63, 3.8) is 0 Å². The van der Waals surface area contributed by atoms with Crippen LogP contribution in [-0.4, -0.2) is 113 Å². The fourth-order valence-electron chi connectivity index (χ4n) is 6.01. The number of carboxylic acid groups (broad SMARTS) is 1. The summed E-state index contributed by atoms with van der Waals surface area (Å²) in [4.78, 5) is 38.5. The van der Waals surface area contributed by atoms with Crippen molar-refractivity contribution in [2.75, 3.05) is 57.4 Å². The van der Waals surface area contributed by atoms with E-state index in [-0.39, 0.29) is 36.4 Å². The molecule has 0 unspecified atom stereocenters. The first-order valence-electron chi connectivity index (χ1n) is 14.4. The summed E-state index contributed by atoms with van der Waals surface area (Å²) in [6.07, 6.45) is -0.441. The molecule has 1 aromatic carbocycles. The number of aromatic nitrogens is 1. The Morgan fingerprint density at radius 1 is 1.14 bits per heavy atom. The van der Waals surface area contributed by atoms with Crippen LogP contribution >= 0.6 is 15.9 Å². The molecule has 1 aromatic heterocycles. The summed E-state index contributed by atoms with van der Waals surface area (Å²) in [6, 6.07) is 8.06. The van der Waals surface area contributed by atoms with Crippen LogP contribution in [0.25, 0.3) is 0 Å². The Balaban J connectivity index is 1.40. The van der Waals surface area contributed by atoms with Crippen molar-refractivity contribution in [2.45, 2.75) is 57.8 Å². The number of pyridine rings is 1. The average Bonchev–Trinajstić information content (AvgIpc) is 2.92. The van der Waals surface area contributed by atoms with Gasteiger partial charge in [0.2, 0.25) is 11.8 Å². The number of rotatable bonds is 6. The van der Waals surface area contributed by atoms with Crippen molar-refractivity contribution < 1.29 is 28.6 Å². The fourth-order valence-corrected chi connectivity index (χ4v) is 6.42. The molecule has 228 valence electrons. The Morgan fingerprint density at radius 3 is 2.57 bits per heavy atom. The van der Waals surface area contributed by atoms with Crippen LogP contribution in [0.2, 0.25) is 0 Å². The first-order valence-corrected chi connectivity index (χ1v) is 15.2. The lowest BCUT2D eigenvalue weighted by Gasteiger charge is -2.47. The summed E-state index contributed by atoms with van der Waals surface area (Å²) in [7, 11) is 0. The number of carbonyl (C=O) groups is 2. The van der Waals surface area contributed by atoms with Gasteiger partial charge < -0.3 is 24.4 Å². The molecule has 2 aromatic rings. The Bertz CT molecular complexity index is 1310. The Labute approximate surface area is 254 Å². The average molecular weight is 649 g/mol. The van der Waals surface area contributed by atoms with E-state index in [0.29, 0.717) is 62.0 Å². The number of fused-ring (bicyclic) bond motifs is 1. The molecular formula is C30H39BrFN5O5. The molecule has 2 fully saturated rings. The zero-order valence-corrected chi connectivity index (χ0v) is 26.1. The van der Waals surface area contributed by atoms with Crippen molar-refractivity contribution in [3.05, 3.63) is 51.9 Å². The highest BCUT2D eigenvalue weighted by Gasteiger charge is 2.40. The van der Waals surface area contributed by atoms with Crippen LogP contribution in [0, 0.1) is 5.82 Å². The number of benzene rings is 1. The minimum Gasteiger partial charge on any atom is -0.468 e. The molecular weight excluding hydrogens is 609 g/mol. The zero-order chi connectivity index (χ0) is 30.2. The van der Waals surface area contributed by atoms with Gasteiger partial charge in [0.25, 0.3) is 0 Å². The monoisotopic (exact) mass is 647 g/mol. The molecule has 12 heteroatoms. The molecule has 0 radical (unpaired) electrons. The van der Waals surface area contributed by atoms with Gasteiger partial charge in [-0.3, -0.25) is 14.6 Å². The summed E-state index contributed by atoms with van der Waals surface area (Å²) >= 11 is 3.56. The summed E-state index contributed by atoms with van der Waals surface area (Å²) in [5, 5.41) is 9.85. The van der Waals surface area contributed by atoms with E-state index in [4.69, 9.17) is 9.47 Å². The van der Waals surface area contributed by atoms with Gasteiger partial charge in [0, 0.05) is 50.7 Å². The molecule has 2 amide bonds. The second-order valence-corrected chi connectivity index (χ2v) is 12.9. The largest absolute Gasteiger partial charge is 0.468 e. The summed E-state index contributed by atoms with van der Waals surface area (Å²) in [6.45, 7) is 11.8. The van der Waals surface area contributed by atoms with E-state index in [0.717, 1.165) is 17.7 Å². The lowest BCUT2D eigenvalue weighted by Crippen LogP contribution is -2.64. The summed E-state index contributed by atoms with van der Waals surface area (Å²) in [5.41, 5.74) is 1.70. The van der Waals surface area contributed by atoms with Crippen molar-refractivity contribution >= 4 is 33.6 Å². The van der Waals surface area contributed by atoms with Gasteiger partial charge in [0.1, 0.15) is 21.7 Å². The molecule has 1 N–H and O–H groups in total. The Morgan fingerprint density at radius 2 is 1.88 bits per heavy atom. The highest BCUT2D eigenvalue weighted by Crippen LogP contribution is 2.39. The number of hydrogen-bond acceptors (Lipinski definition) is 7. The molecule has 0 saturated carbocycles. The van der Waals surface area contributed by atoms with E-state index in [1.807, 2.05) is 26.8 Å². The minimum absolute atomic E-state index is 0.0968. The maximum Gasteiger partial charge on any atom is 0.407 e. The number of halogens is 2. The molecule has 2 saturated heterocycles. The predicted octanol–water partition coefficient (Wildman–Crippen LogP) is 3.85. The predicted molar refractivity (Wildman–Crippen MR) is 160 cm³/mol. The van der Waals surface area contributed by atoms with Gasteiger partial charge in [0.05, 0.1) is 26.3 Å². The maximum atomic E-state index is 14.1. The third-order valence-corrected chi connectivity index (χ3v) is 8.98. The number of carbonyl (C=O) groups excluding carboxylic acids is 1. The van der Waals surface area contributed by atoms with Gasteiger partial charge in [-0.2, -0.15) is 0 Å². The molecule has 3 aliphatic rings. The molecule has 4 heterocycles. The normalized spacial score (nSPS) is 24.7. The topological polar surface area (TPSA) is 98.7 Å². The molecule has 5 rings (SSSR count). The van der Waals surface area contributed by atoms with Gasteiger partial charge in [-0.05, 0) is 73.0 Å². The van der Waals surface area contributed by atoms with Crippen LogP contribution in [0.1, 0.15) is 38.8 Å². The van der Waals surface area contributed by atoms with E-state index in [1.54, 1.807) is 17.0 Å². The van der Waals surface area contributed by atoms with Crippen molar-refractivity contribution in [3.8, 4) is 5.88 Å². The molecule has 3 atom stereocenters. The number of hydrogen-bond donors (Lipinski definition) is 1. The summed E-state index contributed by atoms with van der Waals surface area (Å²) < 4.78 is 25.9. The molecule has 42 heavy (non-hydrogen) atoms. The van der Waals surface area contributed by atoms with Crippen LogP contribution < -0.4 is 9.64 Å². The minimum atomic E-state index is -0.942. The van der Waals surface area contributed by atoms with Gasteiger partial charge in [-0.15, -0.1) is 0 Å². The third-order valence-electron chi connectivity index (χ3n) is 8.30. The van der Waals surface area contributed by atoms with E-state index in [1.165, 1.54) is 17.0 Å². The lowest BCUT2D eigenvalue weighted by molar-refractivity contribution is -0.122. The van der Waals surface area contributed by atoms with Gasteiger partial charge >= 0.3 is 6.09 Å².